The summed E-state index contributed by atoms with van der Waals surface area (Å²) < 4.78 is 4.12. The topological polar surface area (TPSA) is 74.2 Å². The molecule has 1 fully saturated rings. The number of carboxylic acids is 1. The van der Waals surface area contributed by atoms with Crippen LogP contribution in [0.1, 0.15) is 12.8 Å². The van der Waals surface area contributed by atoms with Gasteiger partial charge in [-0.25, -0.2) is 10.2 Å². The zero-order valence-corrected chi connectivity index (χ0v) is 11.3. The minimum Gasteiger partial charge on any atom is -0.479 e. The Kier molecular flexibility index (Phi) is 2.91. The molecule has 3 heterocycles. The number of hydrogen-bond donors (Lipinski definition) is 2. The summed E-state index contributed by atoms with van der Waals surface area (Å²) in [6, 6.07) is 0.195. The molecule has 0 aromatic rings. The quantitative estimate of drug-likeness (QED) is 0.573. The number of aliphatic carboxylic acids is 1. The Morgan fingerprint density at radius 1 is 1.72 bits per heavy atom. The molecule has 0 aromatic carbocycles. The molecule has 7 heteroatoms. The number of halogens is 1. The number of hydrazine groups is 1. The van der Waals surface area contributed by atoms with Crippen LogP contribution in [0.25, 0.3) is 0 Å². The van der Waals surface area contributed by atoms with Gasteiger partial charge in [0.25, 0.3) is 0 Å². The average Bonchev–Trinajstić information content (AvgIpc) is 2.97. The molecular weight excluding hydrogens is 302 g/mol. The highest BCUT2D eigenvalue weighted by Gasteiger charge is 2.50. The molecule has 0 bridgehead atoms. The Hall–Kier alpha value is -0.920. The van der Waals surface area contributed by atoms with Crippen LogP contribution in [0.2, 0.25) is 0 Å². The van der Waals surface area contributed by atoms with E-state index in [0.717, 1.165) is 25.1 Å². The second-order valence-electron chi connectivity index (χ2n) is 4.61. The molecule has 0 spiro atoms. The van der Waals surface area contributed by atoms with Crippen molar-refractivity contribution < 1.29 is 14.6 Å². The molecule has 3 aliphatic rings. The van der Waals surface area contributed by atoms with Crippen LogP contribution in [0.3, 0.4) is 0 Å². The Morgan fingerprint density at radius 3 is 3.22 bits per heavy atom. The maximum absolute atomic E-state index is 11.5. The molecular formula is C11H14BrN3O3. The van der Waals surface area contributed by atoms with E-state index < -0.39 is 10.4 Å². The van der Waals surface area contributed by atoms with Gasteiger partial charge in [-0.3, -0.25) is 4.99 Å². The van der Waals surface area contributed by atoms with Gasteiger partial charge in [-0.15, -0.1) is 0 Å². The van der Waals surface area contributed by atoms with Gasteiger partial charge in [0.2, 0.25) is 4.45 Å². The molecule has 0 radical (unpaired) electrons. The molecule has 0 amide bonds. The molecule has 2 unspecified atom stereocenters. The number of aliphatic imine (C=N–C) groups is 1. The Bertz CT molecular complexity index is 445. The largest absolute Gasteiger partial charge is 0.479 e. The number of ether oxygens (including phenoxy) is 1. The summed E-state index contributed by atoms with van der Waals surface area (Å²) in [6.45, 7) is 2.05. The summed E-state index contributed by atoms with van der Waals surface area (Å²) >= 11 is 3.30. The molecule has 98 valence electrons. The van der Waals surface area contributed by atoms with Crippen molar-refractivity contribution in [3.8, 4) is 0 Å². The van der Waals surface area contributed by atoms with E-state index in [0.29, 0.717) is 18.7 Å². The lowest BCUT2D eigenvalue weighted by Crippen LogP contribution is -2.52. The van der Waals surface area contributed by atoms with E-state index in [4.69, 9.17) is 4.74 Å². The van der Waals surface area contributed by atoms with Crippen molar-refractivity contribution in [3.63, 3.8) is 0 Å². The van der Waals surface area contributed by atoms with Gasteiger partial charge >= 0.3 is 5.97 Å². The van der Waals surface area contributed by atoms with E-state index in [1.165, 1.54) is 0 Å². The van der Waals surface area contributed by atoms with Crippen LogP contribution in [-0.4, -0.2) is 52.5 Å². The van der Waals surface area contributed by atoms with Crippen LogP contribution in [0.15, 0.2) is 16.3 Å². The Morgan fingerprint density at radius 2 is 2.56 bits per heavy atom. The van der Waals surface area contributed by atoms with Crippen LogP contribution in [0.4, 0.5) is 0 Å². The number of rotatable bonds is 2. The maximum Gasteiger partial charge on any atom is 0.341 e. The van der Waals surface area contributed by atoms with Crippen LogP contribution < -0.4 is 5.43 Å². The number of carbonyl (C=O) groups is 1. The van der Waals surface area contributed by atoms with Gasteiger partial charge in [-0.2, -0.15) is 0 Å². The highest BCUT2D eigenvalue weighted by molar-refractivity contribution is 9.10. The standard InChI is InChI=1S/C11H14BrN3O3/c12-11(10(16)17)8-5-13-3-1-9(8)15(14-11)7-2-4-18-6-7/h5,7,14H,1-4,6H2,(H,16,17). The highest BCUT2D eigenvalue weighted by atomic mass is 79.9. The van der Waals surface area contributed by atoms with Gasteiger partial charge in [-0.05, 0) is 22.4 Å². The summed E-state index contributed by atoms with van der Waals surface area (Å²) in [5.74, 6) is -0.954. The van der Waals surface area contributed by atoms with Gasteiger partial charge in [0, 0.05) is 37.1 Å². The van der Waals surface area contributed by atoms with Crippen molar-refractivity contribution in [1.29, 1.82) is 0 Å². The van der Waals surface area contributed by atoms with Crippen LogP contribution in [-0.2, 0) is 9.53 Å². The number of nitrogens with zero attached hydrogens (tertiary/aromatic N) is 2. The molecule has 2 N–H and O–H groups in total. The fourth-order valence-corrected chi connectivity index (χ4v) is 3.09. The molecule has 6 nitrogen and oxygen atoms in total. The third-order valence-electron chi connectivity index (χ3n) is 3.51. The van der Waals surface area contributed by atoms with Crippen molar-refractivity contribution >= 4 is 28.1 Å². The van der Waals surface area contributed by atoms with Crippen molar-refractivity contribution in [2.24, 2.45) is 4.99 Å². The van der Waals surface area contributed by atoms with Crippen molar-refractivity contribution in [1.82, 2.24) is 10.4 Å². The van der Waals surface area contributed by atoms with Crippen molar-refractivity contribution in [3.05, 3.63) is 11.3 Å². The molecule has 0 aliphatic carbocycles. The number of dihydropyridines is 1. The predicted molar refractivity (Wildman–Crippen MR) is 68.5 cm³/mol. The number of hydrogen-bond acceptors (Lipinski definition) is 5. The smallest absolute Gasteiger partial charge is 0.341 e. The summed E-state index contributed by atoms with van der Waals surface area (Å²) in [7, 11) is 0. The normalized spacial score (nSPS) is 35.2. The van der Waals surface area contributed by atoms with E-state index in [1.54, 1.807) is 6.21 Å². The first kappa shape index (κ1) is 12.1. The third-order valence-corrected chi connectivity index (χ3v) is 4.45. The SMILES string of the molecule is O=C(O)C1(Br)NN(C2CCOC2)C2=C1C=NCC2. The Balaban J connectivity index is 1.97. The van der Waals surface area contributed by atoms with Crippen molar-refractivity contribution in [2.45, 2.75) is 23.3 Å². The highest BCUT2D eigenvalue weighted by Crippen LogP contribution is 2.38. The molecule has 3 rings (SSSR count). The van der Waals surface area contributed by atoms with Gasteiger partial charge in [-0.1, -0.05) is 0 Å². The van der Waals surface area contributed by atoms with E-state index >= 15 is 0 Å². The van der Waals surface area contributed by atoms with Crippen LogP contribution in [0.5, 0.6) is 0 Å². The monoisotopic (exact) mass is 315 g/mol. The first-order valence-electron chi connectivity index (χ1n) is 5.93. The van der Waals surface area contributed by atoms with Crippen molar-refractivity contribution in [2.75, 3.05) is 19.8 Å². The first-order chi connectivity index (χ1) is 8.63. The lowest BCUT2D eigenvalue weighted by Gasteiger charge is -2.30. The minimum atomic E-state index is -1.26. The van der Waals surface area contributed by atoms with Gasteiger partial charge in [0.05, 0.1) is 12.6 Å². The van der Waals surface area contributed by atoms with E-state index in [-0.39, 0.29) is 6.04 Å². The fraction of sp³-hybridized carbons (Fsp3) is 0.636. The molecule has 2 atom stereocenters. The average molecular weight is 316 g/mol. The van der Waals surface area contributed by atoms with E-state index in [1.807, 2.05) is 5.01 Å². The lowest BCUT2D eigenvalue weighted by molar-refractivity contribution is -0.140. The fourth-order valence-electron chi connectivity index (χ4n) is 2.57. The van der Waals surface area contributed by atoms with Gasteiger partial charge < -0.3 is 14.9 Å². The van der Waals surface area contributed by atoms with Crippen LogP contribution >= 0.6 is 15.9 Å². The summed E-state index contributed by atoms with van der Waals surface area (Å²) in [4.78, 5) is 15.7. The number of carboxylic acid groups (broad SMARTS) is 1. The van der Waals surface area contributed by atoms with E-state index in [2.05, 4.69) is 26.3 Å². The van der Waals surface area contributed by atoms with E-state index in [9.17, 15) is 9.90 Å². The van der Waals surface area contributed by atoms with Gasteiger partial charge in [0.1, 0.15) is 0 Å². The Labute approximate surface area is 113 Å². The summed E-state index contributed by atoms with van der Waals surface area (Å²) in [6.07, 6.45) is 3.32. The summed E-state index contributed by atoms with van der Waals surface area (Å²) in [5, 5.41) is 11.4. The first-order valence-corrected chi connectivity index (χ1v) is 6.73. The zero-order chi connectivity index (χ0) is 12.8. The van der Waals surface area contributed by atoms with Gasteiger partial charge in [0.15, 0.2) is 0 Å². The van der Waals surface area contributed by atoms with Crippen LogP contribution in [0, 0.1) is 0 Å². The second kappa shape index (κ2) is 4.32. The molecule has 3 aliphatic heterocycles. The summed E-state index contributed by atoms with van der Waals surface area (Å²) in [5.41, 5.74) is 4.77. The molecule has 0 saturated carbocycles. The number of nitrogens with one attached hydrogen (secondary N) is 1. The molecule has 1 saturated heterocycles. The third kappa shape index (κ3) is 1.69. The number of alkyl halides is 1. The minimum absolute atomic E-state index is 0.195. The molecule has 0 aromatic heterocycles. The molecule has 18 heavy (non-hydrogen) atoms. The maximum atomic E-state index is 11.5. The zero-order valence-electron chi connectivity index (χ0n) is 9.73. The predicted octanol–water partition coefficient (Wildman–Crippen LogP) is 0.500. The second-order valence-corrected chi connectivity index (χ2v) is 5.80. The lowest BCUT2D eigenvalue weighted by atomic mass is 10.0.